The highest BCUT2D eigenvalue weighted by Gasteiger charge is 2.12. The lowest BCUT2D eigenvalue weighted by Gasteiger charge is -2.12. The Labute approximate surface area is 72.4 Å². The van der Waals surface area contributed by atoms with E-state index in [0.29, 0.717) is 0 Å². The van der Waals surface area contributed by atoms with E-state index in [9.17, 15) is 0 Å². The van der Waals surface area contributed by atoms with Gasteiger partial charge in [-0.25, -0.2) is 9.97 Å². The van der Waals surface area contributed by atoms with E-state index in [2.05, 4.69) is 14.9 Å². The number of hydrogen-bond acceptors (Lipinski definition) is 3. The molecule has 0 aliphatic carbocycles. The summed E-state index contributed by atoms with van der Waals surface area (Å²) in [5.41, 5.74) is 0. The molecular formula is C9H13N3. The minimum atomic E-state index is 0.918. The second-order valence-electron chi connectivity index (χ2n) is 3.15. The molecule has 0 saturated carbocycles. The molecule has 1 fully saturated rings. The van der Waals surface area contributed by atoms with Gasteiger partial charge in [0.15, 0.2) is 0 Å². The maximum atomic E-state index is 4.19. The van der Waals surface area contributed by atoms with Gasteiger partial charge in [-0.1, -0.05) is 0 Å². The van der Waals surface area contributed by atoms with Crippen molar-refractivity contribution >= 4 is 0 Å². The van der Waals surface area contributed by atoms with Crippen molar-refractivity contribution in [1.29, 1.82) is 0 Å². The van der Waals surface area contributed by atoms with Crippen molar-refractivity contribution in [2.24, 2.45) is 0 Å². The quantitative estimate of drug-likeness (QED) is 0.653. The van der Waals surface area contributed by atoms with Crippen molar-refractivity contribution in [2.45, 2.75) is 19.4 Å². The Kier molecular flexibility index (Phi) is 2.32. The Bertz CT molecular complexity index is 229. The lowest BCUT2D eigenvalue weighted by Crippen LogP contribution is -2.19. The number of hydrogen-bond donors (Lipinski definition) is 0. The summed E-state index contributed by atoms with van der Waals surface area (Å²) in [7, 11) is 0. The molecule has 1 aromatic rings. The van der Waals surface area contributed by atoms with Crippen LogP contribution in [-0.4, -0.2) is 28.0 Å². The number of aromatic nitrogens is 2. The van der Waals surface area contributed by atoms with Gasteiger partial charge in [-0.2, -0.15) is 0 Å². The van der Waals surface area contributed by atoms with Gasteiger partial charge in [0, 0.05) is 12.4 Å². The van der Waals surface area contributed by atoms with Crippen molar-refractivity contribution in [3.05, 3.63) is 24.3 Å². The molecule has 3 nitrogen and oxygen atoms in total. The van der Waals surface area contributed by atoms with Crippen LogP contribution in [0.5, 0.6) is 0 Å². The van der Waals surface area contributed by atoms with Crippen LogP contribution < -0.4 is 0 Å². The molecule has 1 aromatic heterocycles. The van der Waals surface area contributed by atoms with E-state index in [1.165, 1.54) is 25.9 Å². The van der Waals surface area contributed by atoms with Crippen molar-refractivity contribution in [1.82, 2.24) is 14.9 Å². The molecule has 0 spiro atoms. The van der Waals surface area contributed by atoms with Crippen LogP contribution in [0.15, 0.2) is 18.5 Å². The zero-order valence-electron chi connectivity index (χ0n) is 7.11. The van der Waals surface area contributed by atoms with E-state index >= 15 is 0 Å². The first-order valence-corrected chi connectivity index (χ1v) is 4.43. The molecule has 64 valence electrons. The number of rotatable bonds is 2. The van der Waals surface area contributed by atoms with Crippen molar-refractivity contribution < 1.29 is 0 Å². The van der Waals surface area contributed by atoms with Crippen LogP contribution in [-0.2, 0) is 6.54 Å². The minimum absolute atomic E-state index is 0.918. The molecule has 1 aliphatic heterocycles. The smallest absolute Gasteiger partial charge is 0.142 e. The maximum absolute atomic E-state index is 4.19. The average molecular weight is 163 g/mol. The van der Waals surface area contributed by atoms with Crippen LogP contribution in [0.25, 0.3) is 0 Å². The van der Waals surface area contributed by atoms with Gasteiger partial charge in [0.05, 0.1) is 6.54 Å². The molecular weight excluding hydrogens is 150 g/mol. The highest BCUT2D eigenvalue weighted by molar-refractivity contribution is 4.88. The lowest BCUT2D eigenvalue weighted by atomic mass is 10.4. The first-order chi connectivity index (χ1) is 5.95. The van der Waals surface area contributed by atoms with Crippen LogP contribution in [0.4, 0.5) is 0 Å². The predicted octanol–water partition coefficient (Wildman–Crippen LogP) is 1.07. The molecule has 0 bridgehead atoms. The normalized spacial score (nSPS) is 18.3. The Hall–Kier alpha value is -0.960. The summed E-state index contributed by atoms with van der Waals surface area (Å²) >= 11 is 0. The fraction of sp³-hybridized carbons (Fsp3) is 0.556. The fourth-order valence-electron chi connectivity index (χ4n) is 1.55. The van der Waals surface area contributed by atoms with Gasteiger partial charge >= 0.3 is 0 Å². The van der Waals surface area contributed by atoms with E-state index in [1.807, 2.05) is 6.07 Å². The monoisotopic (exact) mass is 163 g/mol. The van der Waals surface area contributed by atoms with Gasteiger partial charge in [-0.05, 0) is 32.0 Å². The maximum Gasteiger partial charge on any atom is 0.142 e. The second-order valence-corrected chi connectivity index (χ2v) is 3.15. The largest absolute Gasteiger partial charge is 0.296 e. The Morgan fingerprint density at radius 2 is 1.83 bits per heavy atom. The van der Waals surface area contributed by atoms with Gasteiger partial charge in [-0.3, -0.25) is 4.90 Å². The summed E-state index contributed by atoms with van der Waals surface area (Å²) in [6.45, 7) is 3.33. The zero-order chi connectivity index (χ0) is 8.23. The van der Waals surface area contributed by atoms with Crippen LogP contribution in [0.1, 0.15) is 18.7 Å². The first kappa shape index (κ1) is 7.68. The van der Waals surface area contributed by atoms with E-state index in [0.717, 1.165) is 12.4 Å². The molecule has 0 unspecified atom stereocenters. The third kappa shape index (κ3) is 1.80. The summed E-state index contributed by atoms with van der Waals surface area (Å²) in [6, 6.07) is 1.85. The first-order valence-electron chi connectivity index (χ1n) is 4.43. The van der Waals surface area contributed by atoms with Crippen molar-refractivity contribution in [2.75, 3.05) is 13.1 Å². The second kappa shape index (κ2) is 3.63. The molecule has 3 heteroatoms. The molecule has 2 heterocycles. The lowest BCUT2D eigenvalue weighted by molar-refractivity contribution is 0.322. The molecule has 0 atom stereocenters. The average Bonchev–Trinajstić information content (AvgIpc) is 2.59. The topological polar surface area (TPSA) is 29.0 Å². The van der Waals surface area contributed by atoms with Gasteiger partial charge in [0.25, 0.3) is 0 Å². The van der Waals surface area contributed by atoms with Crippen LogP contribution in [0.3, 0.4) is 0 Å². The standard InChI is InChI=1S/C9H13N3/c1-2-7-12(6-1)8-9-10-4-3-5-11-9/h3-5H,1-2,6-8H2. The Balaban J connectivity index is 1.94. The van der Waals surface area contributed by atoms with Crippen LogP contribution in [0.2, 0.25) is 0 Å². The molecule has 0 aromatic carbocycles. The minimum Gasteiger partial charge on any atom is -0.296 e. The summed E-state index contributed by atoms with van der Waals surface area (Å²) < 4.78 is 0. The van der Waals surface area contributed by atoms with Crippen molar-refractivity contribution in [3.8, 4) is 0 Å². The molecule has 12 heavy (non-hydrogen) atoms. The van der Waals surface area contributed by atoms with Gasteiger partial charge in [0.1, 0.15) is 5.82 Å². The molecule has 0 amide bonds. The van der Waals surface area contributed by atoms with Crippen LogP contribution in [0, 0.1) is 0 Å². The van der Waals surface area contributed by atoms with E-state index in [1.54, 1.807) is 12.4 Å². The Morgan fingerprint density at radius 1 is 1.17 bits per heavy atom. The van der Waals surface area contributed by atoms with Crippen LogP contribution >= 0.6 is 0 Å². The third-order valence-electron chi connectivity index (χ3n) is 2.18. The predicted molar refractivity (Wildman–Crippen MR) is 46.5 cm³/mol. The fourth-order valence-corrected chi connectivity index (χ4v) is 1.55. The SMILES string of the molecule is c1cnc(CN2CCCC2)nc1. The summed E-state index contributed by atoms with van der Waals surface area (Å²) in [5.74, 6) is 0.944. The zero-order valence-corrected chi connectivity index (χ0v) is 7.11. The third-order valence-corrected chi connectivity index (χ3v) is 2.18. The number of likely N-dealkylation sites (tertiary alicyclic amines) is 1. The van der Waals surface area contributed by atoms with Gasteiger partial charge in [-0.15, -0.1) is 0 Å². The van der Waals surface area contributed by atoms with E-state index in [4.69, 9.17) is 0 Å². The highest BCUT2D eigenvalue weighted by atomic mass is 15.2. The molecule has 0 N–H and O–H groups in total. The molecule has 0 radical (unpaired) electrons. The highest BCUT2D eigenvalue weighted by Crippen LogP contribution is 2.09. The van der Waals surface area contributed by atoms with Gasteiger partial charge in [0.2, 0.25) is 0 Å². The molecule has 1 aliphatic rings. The summed E-state index contributed by atoms with van der Waals surface area (Å²) in [6.07, 6.45) is 6.26. The van der Waals surface area contributed by atoms with E-state index < -0.39 is 0 Å². The molecule has 1 saturated heterocycles. The van der Waals surface area contributed by atoms with Crippen molar-refractivity contribution in [3.63, 3.8) is 0 Å². The molecule has 2 rings (SSSR count). The Morgan fingerprint density at radius 3 is 2.50 bits per heavy atom. The summed E-state index contributed by atoms with van der Waals surface area (Å²) in [4.78, 5) is 10.8. The van der Waals surface area contributed by atoms with E-state index in [-0.39, 0.29) is 0 Å². The van der Waals surface area contributed by atoms with Gasteiger partial charge < -0.3 is 0 Å². The summed E-state index contributed by atoms with van der Waals surface area (Å²) in [5, 5.41) is 0. The number of nitrogens with zero attached hydrogens (tertiary/aromatic N) is 3.